The molecule has 30 heavy (non-hydrogen) atoms. The maximum absolute atomic E-state index is 14.8. The Balaban J connectivity index is 1.83. The number of aromatic nitrogens is 6. The molecule has 0 saturated carbocycles. The van der Waals surface area contributed by atoms with Gasteiger partial charge in [-0.1, -0.05) is 29.8 Å². The van der Waals surface area contributed by atoms with Gasteiger partial charge in [0.2, 0.25) is 5.82 Å². The maximum atomic E-state index is 14.8. The van der Waals surface area contributed by atoms with Crippen molar-refractivity contribution in [1.82, 2.24) is 35.7 Å². The number of tetrazole rings is 1. The summed E-state index contributed by atoms with van der Waals surface area (Å²) in [6, 6.07) is 9.20. The molecular weight excluding hydrogens is 416 g/mol. The largest absolute Gasteiger partial charge is 0.355 e. The number of carbonyl (C=O) groups excluding carboxylic acids is 1. The number of hydrogen-bond acceptors (Lipinski definition) is 5. The molecule has 0 saturated heterocycles. The lowest BCUT2D eigenvalue weighted by atomic mass is 10.0. The van der Waals surface area contributed by atoms with Gasteiger partial charge in [-0.05, 0) is 30.3 Å². The monoisotopic (exact) mass is 431 g/mol. The van der Waals surface area contributed by atoms with Gasteiger partial charge in [-0.3, -0.25) is 9.48 Å². The molecular formula is C19H16ClF2N7O. The molecule has 4 aromatic rings. The molecule has 0 atom stereocenters. The van der Waals surface area contributed by atoms with Gasteiger partial charge in [0.15, 0.2) is 0 Å². The zero-order chi connectivity index (χ0) is 21.5. The fraction of sp³-hybridized carbons (Fsp3) is 0.211. The van der Waals surface area contributed by atoms with Crippen LogP contribution in [0.25, 0.3) is 10.9 Å². The molecule has 0 aliphatic carbocycles. The number of benzene rings is 2. The van der Waals surface area contributed by atoms with Crippen molar-refractivity contribution >= 4 is 28.4 Å². The second kappa shape index (κ2) is 7.45. The summed E-state index contributed by atoms with van der Waals surface area (Å²) in [6.07, 6.45) is 0. The van der Waals surface area contributed by atoms with Crippen molar-refractivity contribution in [2.24, 2.45) is 0 Å². The van der Waals surface area contributed by atoms with Crippen LogP contribution < -0.4 is 5.32 Å². The Morgan fingerprint density at radius 2 is 2.10 bits per heavy atom. The van der Waals surface area contributed by atoms with Crippen molar-refractivity contribution in [3.8, 4) is 0 Å². The standard InChI is InChI=1S/C19H16ClF2N7O/c1-10-12-7-6-11(19(21,22)18-24-27-28-25-18)8-16(12)29(26-10)9-14-13(17(30)23-2)4-3-5-15(14)20/h3-8H,9H2,1-2H3,(H,23,30)(H,24,25,27,28). The lowest BCUT2D eigenvalue weighted by Crippen LogP contribution is -2.21. The van der Waals surface area contributed by atoms with Crippen molar-refractivity contribution in [1.29, 1.82) is 0 Å². The molecule has 0 aliphatic heterocycles. The highest BCUT2D eigenvalue weighted by Gasteiger charge is 2.39. The second-order valence-electron chi connectivity index (χ2n) is 6.63. The third-order valence-electron chi connectivity index (χ3n) is 4.82. The number of rotatable bonds is 5. The Labute approximate surface area is 174 Å². The number of nitrogens with one attached hydrogen (secondary N) is 2. The number of carbonyl (C=O) groups is 1. The van der Waals surface area contributed by atoms with Crippen molar-refractivity contribution in [3.05, 3.63) is 69.6 Å². The van der Waals surface area contributed by atoms with Crippen LogP contribution in [0.4, 0.5) is 8.78 Å². The average Bonchev–Trinajstić information content (AvgIpc) is 3.38. The summed E-state index contributed by atoms with van der Waals surface area (Å²) in [5, 5.41) is 20.2. The fourth-order valence-corrected chi connectivity index (χ4v) is 3.53. The van der Waals surface area contributed by atoms with Crippen LogP contribution in [0.5, 0.6) is 0 Å². The Bertz CT molecular complexity index is 1240. The van der Waals surface area contributed by atoms with Crippen LogP contribution in [0.1, 0.15) is 33.0 Å². The predicted octanol–water partition coefficient (Wildman–Crippen LogP) is 3.06. The summed E-state index contributed by atoms with van der Waals surface area (Å²) in [6.45, 7) is 1.91. The van der Waals surface area contributed by atoms with Crippen molar-refractivity contribution in [3.63, 3.8) is 0 Å². The number of halogens is 3. The molecule has 0 aliphatic rings. The number of amides is 1. The number of alkyl halides is 2. The van der Waals surface area contributed by atoms with E-state index >= 15 is 0 Å². The van der Waals surface area contributed by atoms with E-state index in [0.717, 1.165) is 0 Å². The summed E-state index contributed by atoms with van der Waals surface area (Å²) < 4.78 is 31.2. The highest BCUT2D eigenvalue weighted by Crippen LogP contribution is 2.35. The number of nitrogens with zero attached hydrogens (tertiary/aromatic N) is 5. The molecule has 0 spiro atoms. The minimum absolute atomic E-state index is 0.129. The van der Waals surface area contributed by atoms with Crippen LogP contribution in [-0.4, -0.2) is 43.4 Å². The van der Waals surface area contributed by atoms with Gasteiger partial charge < -0.3 is 5.32 Å². The molecule has 1 amide bonds. The summed E-state index contributed by atoms with van der Waals surface area (Å²) in [5.74, 6) is -4.47. The SMILES string of the molecule is CNC(=O)c1cccc(Cl)c1Cn1nc(C)c2ccc(C(F)(F)c3nn[nH]n3)cc21. The van der Waals surface area contributed by atoms with Crippen LogP contribution in [0.2, 0.25) is 5.02 Å². The predicted molar refractivity (Wildman–Crippen MR) is 106 cm³/mol. The first-order valence-electron chi connectivity index (χ1n) is 8.91. The first-order valence-corrected chi connectivity index (χ1v) is 9.29. The topological polar surface area (TPSA) is 101 Å². The first kappa shape index (κ1) is 19.9. The van der Waals surface area contributed by atoms with Crippen LogP contribution in [0.15, 0.2) is 36.4 Å². The Morgan fingerprint density at radius 3 is 2.80 bits per heavy atom. The van der Waals surface area contributed by atoms with E-state index in [9.17, 15) is 13.6 Å². The number of aromatic amines is 1. The smallest absolute Gasteiger partial charge is 0.335 e. The fourth-order valence-electron chi connectivity index (χ4n) is 3.30. The molecule has 0 unspecified atom stereocenters. The zero-order valence-corrected chi connectivity index (χ0v) is 16.7. The Morgan fingerprint density at radius 1 is 1.30 bits per heavy atom. The molecule has 8 nitrogen and oxygen atoms in total. The molecule has 4 rings (SSSR count). The quantitative estimate of drug-likeness (QED) is 0.505. The highest BCUT2D eigenvalue weighted by atomic mass is 35.5. The molecule has 0 fully saturated rings. The van der Waals surface area contributed by atoms with E-state index in [1.54, 1.807) is 35.9 Å². The minimum atomic E-state index is -3.44. The normalized spacial score (nSPS) is 11.8. The molecule has 0 bridgehead atoms. The highest BCUT2D eigenvalue weighted by molar-refractivity contribution is 6.31. The van der Waals surface area contributed by atoms with Crippen LogP contribution in [0.3, 0.4) is 0 Å². The van der Waals surface area contributed by atoms with Crippen molar-refractivity contribution in [2.45, 2.75) is 19.4 Å². The summed E-state index contributed by atoms with van der Waals surface area (Å²) in [4.78, 5) is 12.2. The second-order valence-corrected chi connectivity index (χ2v) is 7.04. The molecule has 0 radical (unpaired) electrons. The van der Waals surface area contributed by atoms with Crippen LogP contribution in [-0.2, 0) is 12.5 Å². The van der Waals surface area contributed by atoms with E-state index in [1.165, 1.54) is 19.2 Å². The first-order chi connectivity index (χ1) is 14.3. The molecule has 2 aromatic heterocycles. The van der Waals surface area contributed by atoms with Gasteiger partial charge in [0.25, 0.3) is 5.91 Å². The molecule has 11 heteroatoms. The van der Waals surface area contributed by atoms with Gasteiger partial charge in [-0.25, -0.2) is 0 Å². The van der Waals surface area contributed by atoms with Gasteiger partial charge in [0.1, 0.15) is 0 Å². The zero-order valence-electron chi connectivity index (χ0n) is 15.9. The Kier molecular flexibility index (Phi) is 4.94. The van der Waals surface area contributed by atoms with E-state index in [4.69, 9.17) is 11.6 Å². The number of H-pyrrole nitrogens is 1. The number of aryl methyl sites for hydroxylation is 1. The van der Waals surface area contributed by atoms with E-state index in [2.05, 4.69) is 31.0 Å². The van der Waals surface area contributed by atoms with Gasteiger partial charge in [0, 0.05) is 34.1 Å². The maximum Gasteiger partial charge on any atom is 0.335 e. The molecule has 154 valence electrons. The molecule has 2 N–H and O–H groups in total. The summed E-state index contributed by atoms with van der Waals surface area (Å²) in [5.41, 5.74) is 1.75. The van der Waals surface area contributed by atoms with Gasteiger partial charge in [0.05, 0.1) is 17.8 Å². The van der Waals surface area contributed by atoms with Crippen LogP contribution >= 0.6 is 11.6 Å². The van der Waals surface area contributed by atoms with E-state index in [-0.39, 0.29) is 18.0 Å². The third kappa shape index (κ3) is 3.28. The summed E-state index contributed by atoms with van der Waals surface area (Å²) >= 11 is 6.34. The lowest BCUT2D eigenvalue weighted by Gasteiger charge is -2.14. The Hall–Kier alpha value is -3.40. The molecule has 2 aromatic carbocycles. The van der Waals surface area contributed by atoms with Crippen molar-refractivity contribution in [2.75, 3.05) is 7.05 Å². The van der Waals surface area contributed by atoms with Gasteiger partial charge in [-0.2, -0.15) is 19.1 Å². The van der Waals surface area contributed by atoms with Crippen molar-refractivity contribution < 1.29 is 13.6 Å². The number of fused-ring (bicyclic) bond motifs is 1. The van der Waals surface area contributed by atoms with Crippen LogP contribution in [0, 0.1) is 6.92 Å². The van der Waals surface area contributed by atoms with E-state index in [1.807, 2.05) is 0 Å². The minimum Gasteiger partial charge on any atom is -0.355 e. The third-order valence-corrected chi connectivity index (χ3v) is 5.18. The lowest BCUT2D eigenvalue weighted by molar-refractivity contribution is 0.0330. The van der Waals surface area contributed by atoms with E-state index < -0.39 is 11.7 Å². The summed E-state index contributed by atoms with van der Waals surface area (Å²) in [7, 11) is 1.52. The van der Waals surface area contributed by atoms with E-state index in [0.29, 0.717) is 32.7 Å². The number of hydrogen-bond donors (Lipinski definition) is 2. The molecule has 2 heterocycles. The average molecular weight is 432 g/mol. The van der Waals surface area contributed by atoms with Gasteiger partial charge in [-0.15, -0.1) is 10.2 Å². The van der Waals surface area contributed by atoms with Gasteiger partial charge >= 0.3 is 5.92 Å².